The van der Waals surface area contributed by atoms with E-state index in [2.05, 4.69) is 6.92 Å². The molecule has 0 bridgehead atoms. The van der Waals surface area contributed by atoms with Crippen LogP contribution in [0.25, 0.3) is 0 Å². The molecule has 90 valence electrons. The van der Waals surface area contributed by atoms with Gasteiger partial charge in [0.25, 0.3) is 0 Å². The van der Waals surface area contributed by atoms with E-state index in [1.54, 1.807) is 6.92 Å². The van der Waals surface area contributed by atoms with Crippen LogP contribution in [0.15, 0.2) is 12.1 Å². The fourth-order valence-electron chi connectivity index (χ4n) is 1.77. The van der Waals surface area contributed by atoms with Crippen LogP contribution < -0.4 is 4.74 Å². The molecule has 16 heavy (non-hydrogen) atoms. The van der Waals surface area contributed by atoms with Crippen LogP contribution >= 0.6 is 0 Å². The number of benzene rings is 1. The number of aliphatic hydroxyl groups is 1. The second-order valence-corrected chi connectivity index (χ2v) is 4.36. The lowest BCUT2D eigenvalue weighted by Crippen LogP contribution is -2.02. The smallest absolute Gasteiger partial charge is 0.125 e. The third-order valence-corrected chi connectivity index (χ3v) is 2.71. The van der Waals surface area contributed by atoms with Crippen LogP contribution in [0.1, 0.15) is 49.5 Å². The number of ether oxygens (including phenoxy) is 1. The number of aryl methyl sites for hydroxylation is 2. The van der Waals surface area contributed by atoms with E-state index in [1.165, 1.54) is 0 Å². The summed E-state index contributed by atoms with van der Waals surface area (Å²) in [6.45, 7) is 8.76. The van der Waals surface area contributed by atoms with Gasteiger partial charge in [0.2, 0.25) is 0 Å². The zero-order valence-corrected chi connectivity index (χ0v) is 10.7. The van der Waals surface area contributed by atoms with Crippen LogP contribution in [0.5, 0.6) is 5.75 Å². The summed E-state index contributed by atoms with van der Waals surface area (Å²) in [6, 6.07) is 4.00. The van der Waals surface area contributed by atoms with Gasteiger partial charge in [0, 0.05) is 0 Å². The Morgan fingerprint density at radius 1 is 1.25 bits per heavy atom. The number of hydrogen-bond acceptors (Lipinski definition) is 2. The Kier molecular flexibility index (Phi) is 4.81. The van der Waals surface area contributed by atoms with Crippen LogP contribution in [-0.4, -0.2) is 11.7 Å². The van der Waals surface area contributed by atoms with Crippen LogP contribution in [0, 0.1) is 13.8 Å². The molecular weight excluding hydrogens is 200 g/mol. The second kappa shape index (κ2) is 5.90. The number of rotatable bonds is 5. The topological polar surface area (TPSA) is 29.5 Å². The maximum absolute atomic E-state index is 9.54. The van der Waals surface area contributed by atoms with Gasteiger partial charge in [-0.3, -0.25) is 0 Å². The molecule has 0 fully saturated rings. The lowest BCUT2D eigenvalue weighted by Gasteiger charge is -2.15. The lowest BCUT2D eigenvalue weighted by molar-refractivity contribution is 0.199. The van der Waals surface area contributed by atoms with Crippen molar-refractivity contribution in [1.82, 2.24) is 0 Å². The third kappa shape index (κ3) is 3.24. The number of hydrogen-bond donors (Lipinski definition) is 1. The Bertz CT molecular complexity index is 320. The Morgan fingerprint density at radius 2 is 1.81 bits per heavy atom. The molecule has 0 aliphatic carbocycles. The van der Waals surface area contributed by atoms with E-state index in [9.17, 15) is 5.11 Å². The molecule has 0 spiro atoms. The van der Waals surface area contributed by atoms with E-state index >= 15 is 0 Å². The summed E-state index contributed by atoms with van der Waals surface area (Å²) >= 11 is 0. The molecule has 0 saturated heterocycles. The molecular formula is C14H22O2. The van der Waals surface area contributed by atoms with E-state index < -0.39 is 6.10 Å². The van der Waals surface area contributed by atoms with Crippen LogP contribution in [-0.2, 0) is 0 Å². The van der Waals surface area contributed by atoms with Gasteiger partial charge in [0.15, 0.2) is 0 Å². The van der Waals surface area contributed by atoms with E-state index in [-0.39, 0.29) is 0 Å². The summed E-state index contributed by atoms with van der Waals surface area (Å²) in [7, 11) is 0. The first-order valence-corrected chi connectivity index (χ1v) is 5.98. The van der Waals surface area contributed by atoms with Crippen molar-refractivity contribution in [2.24, 2.45) is 0 Å². The highest BCUT2D eigenvalue weighted by Crippen LogP contribution is 2.27. The minimum Gasteiger partial charge on any atom is -0.493 e. The molecule has 0 amide bonds. The van der Waals surface area contributed by atoms with Crippen LogP contribution in [0.4, 0.5) is 0 Å². The third-order valence-electron chi connectivity index (χ3n) is 2.71. The van der Waals surface area contributed by atoms with Gasteiger partial charge in [-0.15, -0.1) is 0 Å². The van der Waals surface area contributed by atoms with E-state index in [0.29, 0.717) is 0 Å². The summed E-state index contributed by atoms with van der Waals surface area (Å²) in [4.78, 5) is 0. The molecule has 1 aromatic rings. The predicted octanol–water partition coefficient (Wildman–Crippen LogP) is 3.54. The van der Waals surface area contributed by atoms with Crippen molar-refractivity contribution in [3.8, 4) is 5.75 Å². The highest BCUT2D eigenvalue weighted by molar-refractivity contribution is 5.43. The first-order chi connectivity index (χ1) is 7.56. The lowest BCUT2D eigenvalue weighted by atomic mass is 10.0. The summed E-state index contributed by atoms with van der Waals surface area (Å²) in [5, 5.41) is 9.54. The van der Waals surface area contributed by atoms with Crippen LogP contribution in [0.3, 0.4) is 0 Å². The fraction of sp³-hybridized carbons (Fsp3) is 0.571. The Morgan fingerprint density at radius 3 is 2.25 bits per heavy atom. The van der Waals surface area contributed by atoms with E-state index in [0.717, 1.165) is 41.9 Å². The molecule has 0 saturated carbocycles. The Hall–Kier alpha value is -1.02. The van der Waals surface area contributed by atoms with Crippen molar-refractivity contribution in [2.75, 3.05) is 6.61 Å². The Labute approximate surface area is 98.3 Å². The highest BCUT2D eigenvalue weighted by Gasteiger charge is 2.09. The largest absolute Gasteiger partial charge is 0.493 e. The predicted molar refractivity (Wildman–Crippen MR) is 67.0 cm³/mol. The van der Waals surface area contributed by atoms with Gasteiger partial charge < -0.3 is 9.84 Å². The molecule has 2 heteroatoms. The van der Waals surface area contributed by atoms with Gasteiger partial charge in [0.1, 0.15) is 5.75 Å². The van der Waals surface area contributed by atoms with Crippen molar-refractivity contribution in [3.63, 3.8) is 0 Å². The fourth-order valence-corrected chi connectivity index (χ4v) is 1.77. The molecule has 1 atom stereocenters. The normalized spacial score (nSPS) is 12.6. The molecule has 0 aliphatic rings. The van der Waals surface area contributed by atoms with E-state index in [4.69, 9.17) is 4.74 Å². The van der Waals surface area contributed by atoms with Crippen molar-refractivity contribution >= 4 is 0 Å². The quantitative estimate of drug-likeness (QED) is 0.772. The van der Waals surface area contributed by atoms with Gasteiger partial charge in [0.05, 0.1) is 12.7 Å². The molecule has 0 aromatic heterocycles. The average molecular weight is 222 g/mol. The van der Waals surface area contributed by atoms with Crippen molar-refractivity contribution in [1.29, 1.82) is 0 Å². The molecule has 0 heterocycles. The standard InChI is InChI=1S/C14H22O2/c1-5-6-7-16-14-10(2)8-13(12(4)15)9-11(14)3/h8-9,12,15H,5-7H2,1-4H3. The first-order valence-electron chi connectivity index (χ1n) is 5.98. The summed E-state index contributed by atoms with van der Waals surface area (Å²) in [5.41, 5.74) is 3.16. The van der Waals surface area contributed by atoms with E-state index in [1.807, 2.05) is 26.0 Å². The van der Waals surface area contributed by atoms with Gasteiger partial charge >= 0.3 is 0 Å². The SMILES string of the molecule is CCCCOc1c(C)cc(C(C)O)cc1C. The molecule has 0 aliphatic heterocycles. The van der Waals surface area contributed by atoms with Gasteiger partial charge in [-0.2, -0.15) is 0 Å². The minimum atomic E-state index is -0.415. The maximum Gasteiger partial charge on any atom is 0.125 e. The molecule has 1 aromatic carbocycles. The number of unbranched alkanes of at least 4 members (excludes halogenated alkanes) is 1. The maximum atomic E-state index is 9.54. The van der Waals surface area contributed by atoms with Gasteiger partial charge in [-0.05, 0) is 56.0 Å². The molecule has 1 N–H and O–H groups in total. The van der Waals surface area contributed by atoms with Crippen LogP contribution in [0.2, 0.25) is 0 Å². The van der Waals surface area contributed by atoms with Gasteiger partial charge in [-0.25, -0.2) is 0 Å². The summed E-state index contributed by atoms with van der Waals surface area (Å²) in [6.07, 6.45) is 1.81. The zero-order chi connectivity index (χ0) is 12.1. The van der Waals surface area contributed by atoms with Crippen molar-refractivity contribution < 1.29 is 9.84 Å². The summed E-state index contributed by atoms with van der Waals surface area (Å²) in [5.74, 6) is 0.970. The summed E-state index contributed by atoms with van der Waals surface area (Å²) < 4.78 is 5.76. The van der Waals surface area contributed by atoms with Crippen molar-refractivity contribution in [2.45, 2.75) is 46.6 Å². The van der Waals surface area contributed by atoms with Gasteiger partial charge in [-0.1, -0.05) is 13.3 Å². The zero-order valence-electron chi connectivity index (χ0n) is 10.7. The first kappa shape index (κ1) is 13.0. The highest BCUT2D eigenvalue weighted by atomic mass is 16.5. The molecule has 1 unspecified atom stereocenters. The minimum absolute atomic E-state index is 0.415. The second-order valence-electron chi connectivity index (χ2n) is 4.36. The monoisotopic (exact) mass is 222 g/mol. The average Bonchev–Trinajstić information content (AvgIpc) is 2.21. The number of aliphatic hydroxyl groups excluding tert-OH is 1. The van der Waals surface area contributed by atoms with Crippen molar-refractivity contribution in [3.05, 3.63) is 28.8 Å². The molecule has 0 radical (unpaired) electrons. The molecule has 2 nitrogen and oxygen atoms in total. The molecule has 1 rings (SSSR count). The Balaban J connectivity index is 2.85.